The van der Waals surface area contributed by atoms with Gasteiger partial charge in [-0.2, -0.15) is 0 Å². The predicted molar refractivity (Wildman–Crippen MR) is 56.2 cm³/mol. The predicted octanol–water partition coefficient (Wildman–Crippen LogP) is 1.68. The summed E-state index contributed by atoms with van der Waals surface area (Å²) in [4.78, 5) is -0.0721. The van der Waals surface area contributed by atoms with Gasteiger partial charge < -0.3 is 5.32 Å². The van der Waals surface area contributed by atoms with E-state index in [1.807, 2.05) is 6.92 Å². The average molecular weight is 233 g/mol. The molecular formula is C10H13F2NOS. The molecule has 0 saturated carbocycles. The SMILES string of the molecule is CNC(C)CS(=O)c1cc(F)ccc1F. The van der Waals surface area contributed by atoms with Crippen molar-refractivity contribution < 1.29 is 13.0 Å². The van der Waals surface area contributed by atoms with E-state index >= 15 is 0 Å². The highest BCUT2D eigenvalue weighted by atomic mass is 32.2. The Labute approximate surface area is 90.1 Å². The van der Waals surface area contributed by atoms with E-state index in [1.165, 1.54) is 0 Å². The van der Waals surface area contributed by atoms with Crippen LogP contribution in [0.15, 0.2) is 23.1 Å². The van der Waals surface area contributed by atoms with Gasteiger partial charge >= 0.3 is 0 Å². The van der Waals surface area contributed by atoms with Gasteiger partial charge in [-0.05, 0) is 32.2 Å². The van der Waals surface area contributed by atoms with Crippen LogP contribution in [0.2, 0.25) is 0 Å². The molecule has 0 fully saturated rings. The molecule has 15 heavy (non-hydrogen) atoms. The summed E-state index contributed by atoms with van der Waals surface area (Å²) < 4.78 is 37.7. The maximum absolute atomic E-state index is 13.2. The Morgan fingerprint density at radius 2 is 2.13 bits per heavy atom. The molecule has 1 aromatic rings. The summed E-state index contributed by atoms with van der Waals surface area (Å²) in [7, 11) is 0.213. The Morgan fingerprint density at radius 1 is 1.47 bits per heavy atom. The molecule has 0 amide bonds. The molecule has 0 aliphatic carbocycles. The van der Waals surface area contributed by atoms with Gasteiger partial charge in [0.05, 0.1) is 15.7 Å². The van der Waals surface area contributed by atoms with E-state index < -0.39 is 22.4 Å². The van der Waals surface area contributed by atoms with Crippen LogP contribution in [0.1, 0.15) is 6.92 Å². The zero-order chi connectivity index (χ0) is 11.4. The zero-order valence-electron chi connectivity index (χ0n) is 8.59. The lowest BCUT2D eigenvalue weighted by atomic mass is 10.3. The van der Waals surface area contributed by atoms with Crippen LogP contribution in [0.25, 0.3) is 0 Å². The summed E-state index contributed by atoms with van der Waals surface area (Å²) in [6.45, 7) is 1.83. The van der Waals surface area contributed by atoms with Gasteiger partial charge in [-0.3, -0.25) is 4.21 Å². The van der Waals surface area contributed by atoms with E-state index in [-0.39, 0.29) is 16.7 Å². The van der Waals surface area contributed by atoms with E-state index in [2.05, 4.69) is 5.32 Å². The van der Waals surface area contributed by atoms with Crippen molar-refractivity contribution in [2.75, 3.05) is 12.8 Å². The van der Waals surface area contributed by atoms with E-state index in [0.717, 1.165) is 18.2 Å². The Hall–Kier alpha value is -0.810. The number of halogens is 2. The van der Waals surface area contributed by atoms with Gasteiger partial charge in [0.15, 0.2) is 0 Å². The third-order valence-electron chi connectivity index (χ3n) is 2.03. The van der Waals surface area contributed by atoms with Crippen LogP contribution < -0.4 is 5.32 Å². The molecule has 2 atom stereocenters. The van der Waals surface area contributed by atoms with Crippen molar-refractivity contribution in [1.29, 1.82) is 0 Å². The summed E-state index contributed by atoms with van der Waals surface area (Å²) >= 11 is 0. The molecular weight excluding hydrogens is 220 g/mol. The largest absolute Gasteiger partial charge is 0.316 e. The van der Waals surface area contributed by atoms with Gasteiger partial charge in [0.1, 0.15) is 11.6 Å². The van der Waals surface area contributed by atoms with Gasteiger partial charge in [-0.25, -0.2) is 8.78 Å². The van der Waals surface area contributed by atoms with Crippen LogP contribution in [0.4, 0.5) is 8.78 Å². The first-order valence-corrected chi connectivity index (χ1v) is 5.87. The average Bonchev–Trinajstić information content (AvgIpc) is 2.21. The number of hydrogen-bond acceptors (Lipinski definition) is 2. The van der Waals surface area contributed by atoms with Gasteiger partial charge in [0, 0.05) is 11.8 Å². The second kappa shape index (κ2) is 5.32. The molecule has 0 radical (unpaired) electrons. The highest BCUT2D eigenvalue weighted by Crippen LogP contribution is 2.14. The number of nitrogens with one attached hydrogen (secondary N) is 1. The van der Waals surface area contributed by atoms with Crippen molar-refractivity contribution in [2.24, 2.45) is 0 Å². The summed E-state index contributed by atoms with van der Waals surface area (Å²) in [6, 6.07) is 2.98. The van der Waals surface area contributed by atoms with Crippen LogP contribution in [-0.4, -0.2) is 23.1 Å². The molecule has 0 aliphatic heterocycles. The van der Waals surface area contributed by atoms with Crippen LogP contribution in [0.3, 0.4) is 0 Å². The van der Waals surface area contributed by atoms with Crippen LogP contribution in [-0.2, 0) is 10.8 Å². The molecule has 2 unspecified atom stereocenters. The fourth-order valence-electron chi connectivity index (χ4n) is 1.05. The summed E-state index contributed by atoms with van der Waals surface area (Å²) in [5.41, 5.74) is 0. The van der Waals surface area contributed by atoms with Crippen molar-refractivity contribution in [2.45, 2.75) is 17.9 Å². The standard InChI is InChI=1S/C10H13F2NOS/c1-7(13-2)6-15(14)10-5-8(11)3-4-9(10)12/h3-5,7,13H,6H2,1-2H3. The first-order valence-electron chi connectivity index (χ1n) is 4.55. The van der Waals surface area contributed by atoms with Crippen molar-refractivity contribution in [3.8, 4) is 0 Å². The van der Waals surface area contributed by atoms with Crippen molar-refractivity contribution in [1.82, 2.24) is 5.32 Å². The maximum atomic E-state index is 13.2. The first-order chi connectivity index (χ1) is 7.04. The Morgan fingerprint density at radius 3 is 2.73 bits per heavy atom. The van der Waals surface area contributed by atoms with Crippen molar-refractivity contribution in [3.05, 3.63) is 29.8 Å². The van der Waals surface area contributed by atoms with Crippen LogP contribution >= 0.6 is 0 Å². The third kappa shape index (κ3) is 3.35. The van der Waals surface area contributed by atoms with Crippen molar-refractivity contribution in [3.63, 3.8) is 0 Å². The summed E-state index contributed by atoms with van der Waals surface area (Å²) in [5, 5.41) is 2.89. The second-order valence-electron chi connectivity index (χ2n) is 3.28. The lowest BCUT2D eigenvalue weighted by Gasteiger charge is -2.09. The minimum absolute atomic E-state index is 0.00602. The molecule has 1 rings (SSSR count). The number of benzene rings is 1. The third-order valence-corrected chi connectivity index (χ3v) is 3.64. The van der Waals surface area contributed by atoms with Gasteiger partial charge in [-0.15, -0.1) is 0 Å². The second-order valence-corrected chi connectivity index (χ2v) is 4.74. The Balaban J connectivity index is 2.86. The number of rotatable bonds is 4. The highest BCUT2D eigenvalue weighted by Gasteiger charge is 2.13. The molecule has 0 aliphatic rings. The Bertz CT molecular complexity index is 370. The highest BCUT2D eigenvalue weighted by molar-refractivity contribution is 7.85. The maximum Gasteiger partial charge on any atom is 0.139 e. The quantitative estimate of drug-likeness (QED) is 0.857. The molecule has 0 heterocycles. The fourth-order valence-corrected chi connectivity index (χ4v) is 2.38. The molecule has 0 saturated heterocycles. The monoisotopic (exact) mass is 233 g/mol. The normalized spacial score (nSPS) is 14.9. The van der Waals surface area contributed by atoms with Crippen LogP contribution in [0.5, 0.6) is 0 Å². The molecule has 0 bridgehead atoms. The lowest BCUT2D eigenvalue weighted by molar-refractivity contribution is 0.570. The van der Waals surface area contributed by atoms with E-state index in [4.69, 9.17) is 0 Å². The molecule has 84 valence electrons. The first kappa shape index (κ1) is 12.3. The molecule has 1 N–H and O–H groups in total. The van der Waals surface area contributed by atoms with Gasteiger partial charge in [-0.1, -0.05) is 0 Å². The van der Waals surface area contributed by atoms with Crippen molar-refractivity contribution >= 4 is 10.8 Å². The zero-order valence-corrected chi connectivity index (χ0v) is 9.41. The fraction of sp³-hybridized carbons (Fsp3) is 0.400. The smallest absolute Gasteiger partial charge is 0.139 e. The summed E-state index contributed by atoms with van der Waals surface area (Å²) in [5.74, 6) is -0.938. The van der Waals surface area contributed by atoms with Gasteiger partial charge in [0.2, 0.25) is 0 Å². The van der Waals surface area contributed by atoms with E-state index in [0.29, 0.717) is 0 Å². The minimum atomic E-state index is -1.51. The molecule has 2 nitrogen and oxygen atoms in total. The Kier molecular flexibility index (Phi) is 4.35. The minimum Gasteiger partial charge on any atom is -0.316 e. The van der Waals surface area contributed by atoms with Crippen LogP contribution in [0, 0.1) is 11.6 Å². The van der Waals surface area contributed by atoms with E-state index in [1.54, 1.807) is 7.05 Å². The molecule has 0 aromatic heterocycles. The lowest BCUT2D eigenvalue weighted by Crippen LogP contribution is -2.27. The molecule has 5 heteroatoms. The van der Waals surface area contributed by atoms with E-state index in [9.17, 15) is 13.0 Å². The molecule has 0 spiro atoms. The topological polar surface area (TPSA) is 29.1 Å². The summed E-state index contributed by atoms with van der Waals surface area (Å²) in [6.07, 6.45) is 0. The van der Waals surface area contributed by atoms with Gasteiger partial charge in [0.25, 0.3) is 0 Å². The number of hydrogen-bond donors (Lipinski definition) is 1. The molecule has 1 aromatic carbocycles.